The summed E-state index contributed by atoms with van der Waals surface area (Å²) in [7, 11) is 0. The van der Waals surface area contributed by atoms with E-state index in [1.54, 1.807) is 6.92 Å². The average molecular weight is 211 g/mol. The highest BCUT2D eigenvalue weighted by Crippen LogP contribution is 2.30. The van der Waals surface area contributed by atoms with Crippen LogP contribution in [0.4, 0.5) is 4.39 Å². The molecule has 2 N–H and O–H groups in total. The number of nitrogens with zero attached hydrogens (tertiary/aromatic N) is 2. The molecule has 0 radical (unpaired) electrons. The molecular weight excluding hydrogens is 197 g/mol. The lowest BCUT2D eigenvalue weighted by Crippen LogP contribution is -2.38. The standard InChI is InChI=1S/C10H14FN3O/c1-6-9(11)10(14-5-13-6)15-8-2-7(3-8)4-12/h5,7-8H,2-4,12H2,1H3. The van der Waals surface area contributed by atoms with Crippen LogP contribution in [0.2, 0.25) is 0 Å². The Morgan fingerprint density at radius 1 is 1.53 bits per heavy atom. The van der Waals surface area contributed by atoms with E-state index in [0.29, 0.717) is 18.2 Å². The Balaban J connectivity index is 1.97. The monoisotopic (exact) mass is 211 g/mol. The van der Waals surface area contributed by atoms with Gasteiger partial charge < -0.3 is 10.5 Å². The van der Waals surface area contributed by atoms with Crippen LogP contribution in [0, 0.1) is 18.7 Å². The summed E-state index contributed by atoms with van der Waals surface area (Å²) in [6, 6.07) is 0. The van der Waals surface area contributed by atoms with Crippen LogP contribution in [-0.4, -0.2) is 22.6 Å². The van der Waals surface area contributed by atoms with Crippen LogP contribution in [-0.2, 0) is 0 Å². The van der Waals surface area contributed by atoms with Gasteiger partial charge in [-0.15, -0.1) is 0 Å². The summed E-state index contributed by atoms with van der Waals surface area (Å²) in [5.41, 5.74) is 5.80. The lowest BCUT2D eigenvalue weighted by atomic mass is 9.82. The van der Waals surface area contributed by atoms with Crippen LogP contribution in [0.3, 0.4) is 0 Å². The number of aromatic nitrogens is 2. The molecule has 2 rings (SSSR count). The molecule has 1 fully saturated rings. The molecule has 5 heteroatoms. The van der Waals surface area contributed by atoms with Crippen molar-refractivity contribution in [2.45, 2.75) is 25.9 Å². The van der Waals surface area contributed by atoms with Crippen LogP contribution in [0.5, 0.6) is 5.88 Å². The number of halogens is 1. The highest BCUT2D eigenvalue weighted by atomic mass is 19.1. The van der Waals surface area contributed by atoms with Crippen LogP contribution in [0.25, 0.3) is 0 Å². The van der Waals surface area contributed by atoms with Gasteiger partial charge in [0.15, 0.2) is 0 Å². The quantitative estimate of drug-likeness (QED) is 0.811. The molecule has 0 spiro atoms. The van der Waals surface area contributed by atoms with Crippen LogP contribution in [0.15, 0.2) is 6.33 Å². The van der Waals surface area contributed by atoms with E-state index >= 15 is 0 Å². The van der Waals surface area contributed by atoms with E-state index < -0.39 is 5.82 Å². The van der Waals surface area contributed by atoms with Crippen molar-refractivity contribution in [3.05, 3.63) is 17.8 Å². The van der Waals surface area contributed by atoms with E-state index in [-0.39, 0.29) is 12.0 Å². The Morgan fingerprint density at radius 2 is 2.27 bits per heavy atom. The highest BCUT2D eigenvalue weighted by molar-refractivity contribution is 5.16. The molecule has 0 amide bonds. The predicted octanol–water partition coefficient (Wildman–Crippen LogP) is 1.04. The second kappa shape index (κ2) is 4.10. The van der Waals surface area contributed by atoms with Gasteiger partial charge in [-0.1, -0.05) is 0 Å². The predicted molar refractivity (Wildman–Crippen MR) is 52.9 cm³/mol. The molecule has 1 saturated carbocycles. The number of hydrogen-bond acceptors (Lipinski definition) is 4. The smallest absolute Gasteiger partial charge is 0.254 e. The summed E-state index contributed by atoms with van der Waals surface area (Å²) in [5.74, 6) is 0.109. The van der Waals surface area contributed by atoms with Crippen LogP contribution in [0.1, 0.15) is 18.5 Å². The van der Waals surface area contributed by atoms with E-state index in [1.807, 2.05) is 0 Å². The minimum absolute atomic E-state index is 0.0577. The van der Waals surface area contributed by atoms with Crippen molar-refractivity contribution in [3.63, 3.8) is 0 Å². The zero-order chi connectivity index (χ0) is 10.8. The molecule has 1 aliphatic carbocycles. The summed E-state index contributed by atoms with van der Waals surface area (Å²) in [4.78, 5) is 7.51. The van der Waals surface area contributed by atoms with Gasteiger partial charge in [0.2, 0.25) is 5.82 Å². The lowest BCUT2D eigenvalue weighted by Gasteiger charge is -2.34. The fourth-order valence-corrected chi connectivity index (χ4v) is 1.64. The van der Waals surface area contributed by atoms with Gasteiger partial charge in [0.25, 0.3) is 5.88 Å². The lowest BCUT2D eigenvalue weighted by molar-refractivity contribution is 0.0605. The zero-order valence-corrected chi connectivity index (χ0v) is 8.61. The van der Waals surface area contributed by atoms with Gasteiger partial charge in [-0.05, 0) is 32.2 Å². The minimum Gasteiger partial charge on any atom is -0.472 e. The third-order valence-corrected chi connectivity index (χ3v) is 2.74. The summed E-state index contributed by atoms with van der Waals surface area (Å²) in [5, 5.41) is 0. The Morgan fingerprint density at radius 3 is 2.93 bits per heavy atom. The van der Waals surface area contributed by atoms with Crippen molar-refractivity contribution in [2.75, 3.05) is 6.54 Å². The molecule has 82 valence electrons. The summed E-state index contributed by atoms with van der Waals surface area (Å²) < 4.78 is 18.8. The third kappa shape index (κ3) is 2.07. The first-order valence-electron chi connectivity index (χ1n) is 5.04. The normalized spacial score (nSPS) is 24.7. The molecule has 0 unspecified atom stereocenters. The summed E-state index contributed by atoms with van der Waals surface area (Å²) >= 11 is 0. The number of ether oxygens (including phenoxy) is 1. The van der Waals surface area contributed by atoms with Crippen molar-refractivity contribution in [2.24, 2.45) is 11.7 Å². The van der Waals surface area contributed by atoms with Gasteiger partial charge in [-0.3, -0.25) is 0 Å². The SMILES string of the molecule is Cc1ncnc(OC2CC(CN)C2)c1F. The van der Waals surface area contributed by atoms with Gasteiger partial charge in [-0.25, -0.2) is 4.98 Å². The molecular formula is C10H14FN3O. The molecule has 1 aliphatic rings. The van der Waals surface area contributed by atoms with Gasteiger partial charge in [0.05, 0.1) is 5.69 Å². The molecule has 4 nitrogen and oxygen atoms in total. The van der Waals surface area contributed by atoms with E-state index in [4.69, 9.17) is 10.5 Å². The first-order chi connectivity index (χ1) is 7.20. The summed E-state index contributed by atoms with van der Waals surface area (Å²) in [6.45, 7) is 2.26. The molecule has 0 bridgehead atoms. The maximum absolute atomic E-state index is 13.4. The van der Waals surface area contributed by atoms with E-state index in [2.05, 4.69) is 9.97 Å². The average Bonchev–Trinajstić information content (AvgIpc) is 2.17. The van der Waals surface area contributed by atoms with E-state index in [0.717, 1.165) is 12.8 Å². The van der Waals surface area contributed by atoms with Crippen molar-refractivity contribution in [3.8, 4) is 5.88 Å². The molecule has 1 heterocycles. The number of aryl methyl sites for hydroxylation is 1. The largest absolute Gasteiger partial charge is 0.472 e. The second-order valence-corrected chi connectivity index (χ2v) is 3.89. The number of hydrogen-bond donors (Lipinski definition) is 1. The molecule has 15 heavy (non-hydrogen) atoms. The Hall–Kier alpha value is -1.23. The zero-order valence-electron chi connectivity index (χ0n) is 8.61. The third-order valence-electron chi connectivity index (χ3n) is 2.74. The van der Waals surface area contributed by atoms with Gasteiger partial charge in [-0.2, -0.15) is 9.37 Å². The summed E-state index contributed by atoms with van der Waals surface area (Å²) in [6.07, 6.45) is 3.15. The number of rotatable bonds is 3. The Bertz CT molecular complexity index is 353. The van der Waals surface area contributed by atoms with Gasteiger partial charge in [0.1, 0.15) is 12.4 Å². The Kier molecular flexibility index (Phi) is 2.81. The molecule has 0 aromatic carbocycles. The van der Waals surface area contributed by atoms with Gasteiger partial charge >= 0.3 is 0 Å². The van der Waals surface area contributed by atoms with Crippen molar-refractivity contribution < 1.29 is 9.13 Å². The second-order valence-electron chi connectivity index (χ2n) is 3.89. The first-order valence-corrected chi connectivity index (χ1v) is 5.04. The van der Waals surface area contributed by atoms with E-state index in [1.165, 1.54) is 6.33 Å². The molecule has 0 atom stereocenters. The fourth-order valence-electron chi connectivity index (χ4n) is 1.64. The highest BCUT2D eigenvalue weighted by Gasteiger charge is 2.30. The molecule has 1 aromatic rings. The van der Waals surface area contributed by atoms with Crippen molar-refractivity contribution >= 4 is 0 Å². The van der Waals surface area contributed by atoms with Crippen molar-refractivity contribution in [1.29, 1.82) is 0 Å². The fraction of sp³-hybridized carbons (Fsp3) is 0.600. The maximum atomic E-state index is 13.4. The topological polar surface area (TPSA) is 61.0 Å². The molecule has 0 aliphatic heterocycles. The van der Waals surface area contributed by atoms with Crippen LogP contribution >= 0.6 is 0 Å². The van der Waals surface area contributed by atoms with Crippen molar-refractivity contribution in [1.82, 2.24) is 9.97 Å². The maximum Gasteiger partial charge on any atom is 0.254 e. The Labute approximate surface area is 87.7 Å². The van der Waals surface area contributed by atoms with E-state index in [9.17, 15) is 4.39 Å². The number of nitrogens with two attached hydrogens (primary N) is 1. The van der Waals surface area contributed by atoms with Gasteiger partial charge in [0, 0.05) is 0 Å². The van der Waals surface area contributed by atoms with Crippen LogP contribution < -0.4 is 10.5 Å². The first kappa shape index (κ1) is 10.3. The molecule has 0 saturated heterocycles. The molecule has 1 aromatic heterocycles. The minimum atomic E-state index is -0.464.